The van der Waals surface area contributed by atoms with Crippen LogP contribution in [-0.4, -0.2) is 11.0 Å². The Labute approximate surface area is 89.3 Å². The third kappa shape index (κ3) is 2.90. The van der Waals surface area contributed by atoms with E-state index >= 15 is 0 Å². The van der Waals surface area contributed by atoms with Gasteiger partial charge in [0.15, 0.2) is 0 Å². The SMILES string of the molecule is NC(Cc1cc(Cl)ccc1Br)=NO. The maximum absolute atomic E-state index is 8.37. The van der Waals surface area contributed by atoms with Crippen molar-refractivity contribution in [1.29, 1.82) is 0 Å². The zero-order valence-corrected chi connectivity index (χ0v) is 9.01. The van der Waals surface area contributed by atoms with E-state index in [4.69, 9.17) is 22.5 Å². The Morgan fingerprint density at radius 1 is 1.62 bits per heavy atom. The molecule has 0 radical (unpaired) electrons. The van der Waals surface area contributed by atoms with E-state index in [-0.39, 0.29) is 5.84 Å². The van der Waals surface area contributed by atoms with Crippen molar-refractivity contribution in [3.8, 4) is 0 Å². The molecule has 3 nitrogen and oxygen atoms in total. The summed E-state index contributed by atoms with van der Waals surface area (Å²) in [6.07, 6.45) is 0.373. The van der Waals surface area contributed by atoms with Gasteiger partial charge in [-0.3, -0.25) is 0 Å². The highest BCUT2D eigenvalue weighted by Crippen LogP contribution is 2.21. The van der Waals surface area contributed by atoms with Crippen LogP contribution in [0.25, 0.3) is 0 Å². The Morgan fingerprint density at radius 3 is 2.92 bits per heavy atom. The minimum Gasteiger partial charge on any atom is -0.409 e. The van der Waals surface area contributed by atoms with Crippen LogP contribution in [0.1, 0.15) is 5.56 Å². The lowest BCUT2D eigenvalue weighted by molar-refractivity contribution is 0.317. The fourth-order valence-corrected chi connectivity index (χ4v) is 1.49. The van der Waals surface area contributed by atoms with Crippen LogP contribution in [0.4, 0.5) is 0 Å². The summed E-state index contributed by atoms with van der Waals surface area (Å²) in [5, 5.41) is 11.9. The van der Waals surface area contributed by atoms with Crippen molar-refractivity contribution in [2.24, 2.45) is 10.9 Å². The molecule has 0 amide bonds. The molecule has 0 unspecified atom stereocenters. The first-order valence-corrected chi connectivity index (χ1v) is 4.71. The van der Waals surface area contributed by atoms with E-state index in [1.165, 1.54) is 0 Å². The van der Waals surface area contributed by atoms with Crippen LogP contribution in [-0.2, 0) is 6.42 Å². The number of nitrogens with two attached hydrogens (primary N) is 1. The first kappa shape index (κ1) is 10.3. The van der Waals surface area contributed by atoms with E-state index in [9.17, 15) is 0 Å². The summed E-state index contributed by atoms with van der Waals surface area (Å²) in [6, 6.07) is 5.35. The highest BCUT2D eigenvalue weighted by molar-refractivity contribution is 9.10. The first-order valence-electron chi connectivity index (χ1n) is 3.54. The van der Waals surface area contributed by atoms with E-state index in [1.807, 2.05) is 6.07 Å². The minimum absolute atomic E-state index is 0.156. The van der Waals surface area contributed by atoms with Crippen LogP contribution in [0.5, 0.6) is 0 Å². The van der Waals surface area contributed by atoms with Crippen LogP contribution in [0.2, 0.25) is 5.02 Å². The van der Waals surface area contributed by atoms with Crippen LogP contribution >= 0.6 is 27.5 Å². The second kappa shape index (κ2) is 4.48. The van der Waals surface area contributed by atoms with Gasteiger partial charge < -0.3 is 10.9 Å². The number of halogens is 2. The van der Waals surface area contributed by atoms with Crippen molar-refractivity contribution in [1.82, 2.24) is 0 Å². The Bertz CT molecular complexity index is 341. The van der Waals surface area contributed by atoms with Gasteiger partial charge in [-0.2, -0.15) is 0 Å². The molecule has 0 bridgehead atoms. The molecule has 0 atom stereocenters. The number of oxime groups is 1. The molecule has 3 N–H and O–H groups in total. The molecular formula is C8H8BrClN2O. The number of hydrogen-bond donors (Lipinski definition) is 2. The van der Waals surface area contributed by atoms with Crippen molar-refractivity contribution in [2.45, 2.75) is 6.42 Å². The van der Waals surface area contributed by atoms with E-state index in [0.29, 0.717) is 11.4 Å². The Balaban J connectivity index is 2.94. The van der Waals surface area contributed by atoms with Gasteiger partial charge in [0.1, 0.15) is 5.84 Å². The average molecular weight is 264 g/mol. The third-order valence-electron chi connectivity index (χ3n) is 1.51. The van der Waals surface area contributed by atoms with Crippen LogP contribution in [0.3, 0.4) is 0 Å². The van der Waals surface area contributed by atoms with Crippen molar-refractivity contribution < 1.29 is 5.21 Å². The second-order valence-corrected chi connectivity index (χ2v) is 3.79. The molecule has 1 aromatic rings. The van der Waals surface area contributed by atoms with Gasteiger partial charge in [0, 0.05) is 15.9 Å². The monoisotopic (exact) mass is 262 g/mol. The summed E-state index contributed by atoms with van der Waals surface area (Å²) in [6.45, 7) is 0. The Hall–Kier alpha value is -0.740. The largest absolute Gasteiger partial charge is 0.409 e. The number of nitrogens with zero attached hydrogens (tertiary/aromatic N) is 1. The maximum atomic E-state index is 8.37. The normalized spacial score (nSPS) is 11.7. The predicted octanol–water partition coefficient (Wildman–Crippen LogP) is 2.39. The van der Waals surface area contributed by atoms with Crippen LogP contribution in [0.15, 0.2) is 27.8 Å². The van der Waals surface area contributed by atoms with Crippen molar-refractivity contribution in [3.05, 3.63) is 33.3 Å². The molecule has 0 aromatic heterocycles. The van der Waals surface area contributed by atoms with E-state index in [1.54, 1.807) is 12.1 Å². The van der Waals surface area contributed by atoms with Crippen molar-refractivity contribution >= 4 is 33.4 Å². The first-order chi connectivity index (χ1) is 6.13. The molecule has 0 aliphatic rings. The van der Waals surface area contributed by atoms with Crippen molar-refractivity contribution in [3.63, 3.8) is 0 Å². The molecule has 0 spiro atoms. The molecule has 1 rings (SSSR count). The number of rotatable bonds is 2. The second-order valence-electron chi connectivity index (χ2n) is 2.50. The molecular weight excluding hydrogens is 255 g/mol. The summed E-state index contributed by atoms with van der Waals surface area (Å²) in [4.78, 5) is 0. The molecule has 70 valence electrons. The molecule has 0 heterocycles. The van der Waals surface area contributed by atoms with Gasteiger partial charge in [-0.1, -0.05) is 32.7 Å². The smallest absolute Gasteiger partial charge is 0.143 e. The highest BCUT2D eigenvalue weighted by atomic mass is 79.9. The Morgan fingerprint density at radius 2 is 2.31 bits per heavy atom. The predicted molar refractivity (Wildman–Crippen MR) is 56.3 cm³/mol. The molecule has 0 aliphatic heterocycles. The van der Waals surface area contributed by atoms with Gasteiger partial charge in [-0.15, -0.1) is 0 Å². The standard InChI is InChI=1S/C8H8BrClN2O/c9-7-2-1-6(10)3-5(7)4-8(11)12-13/h1-3,13H,4H2,(H2,11,12). The summed E-state index contributed by atoms with van der Waals surface area (Å²) in [5.41, 5.74) is 6.25. The molecule has 13 heavy (non-hydrogen) atoms. The van der Waals surface area contributed by atoms with Gasteiger partial charge in [0.05, 0.1) is 0 Å². The average Bonchev–Trinajstić information content (AvgIpc) is 2.11. The molecule has 0 fully saturated rings. The molecule has 0 saturated carbocycles. The number of amidine groups is 1. The molecule has 0 aliphatic carbocycles. The highest BCUT2D eigenvalue weighted by Gasteiger charge is 2.03. The number of benzene rings is 1. The minimum atomic E-state index is 0.156. The van der Waals surface area contributed by atoms with Gasteiger partial charge in [-0.05, 0) is 23.8 Å². The lowest BCUT2D eigenvalue weighted by Gasteiger charge is -2.03. The zero-order chi connectivity index (χ0) is 9.84. The zero-order valence-electron chi connectivity index (χ0n) is 6.67. The fourth-order valence-electron chi connectivity index (χ4n) is 0.909. The summed E-state index contributed by atoms with van der Waals surface area (Å²) in [7, 11) is 0. The van der Waals surface area contributed by atoms with Crippen LogP contribution < -0.4 is 5.73 Å². The van der Waals surface area contributed by atoms with Crippen LogP contribution in [0, 0.1) is 0 Å². The van der Waals surface area contributed by atoms with E-state index < -0.39 is 0 Å². The molecule has 0 saturated heterocycles. The quantitative estimate of drug-likeness (QED) is 0.372. The lowest BCUT2D eigenvalue weighted by atomic mass is 10.1. The molecule has 1 aromatic carbocycles. The van der Waals surface area contributed by atoms with E-state index in [2.05, 4.69) is 21.1 Å². The lowest BCUT2D eigenvalue weighted by Crippen LogP contribution is -2.14. The van der Waals surface area contributed by atoms with Gasteiger partial charge in [0.2, 0.25) is 0 Å². The maximum Gasteiger partial charge on any atom is 0.143 e. The number of hydrogen-bond acceptors (Lipinski definition) is 2. The van der Waals surface area contributed by atoms with Gasteiger partial charge in [0.25, 0.3) is 0 Å². The fraction of sp³-hybridized carbons (Fsp3) is 0.125. The van der Waals surface area contributed by atoms with Crippen molar-refractivity contribution in [2.75, 3.05) is 0 Å². The molecule has 5 heteroatoms. The van der Waals surface area contributed by atoms with Gasteiger partial charge >= 0.3 is 0 Å². The third-order valence-corrected chi connectivity index (χ3v) is 2.52. The van der Waals surface area contributed by atoms with Gasteiger partial charge in [-0.25, -0.2) is 0 Å². The summed E-state index contributed by atoms with van der Waals surface area (Å²) < 4.78 is 0.892. The summed E-state index contributed by atoms with van der Waals surface area (Å²) >= 11 is 9.12. The van der Waals surface area contributed by atoms with E-state index in [0.717, 1.165) is 10.0 Å². The summed E-state index contributed by atoms with van der Waals surface area (Å²) in [5.74, 6) is 0.156. The topological polar surface area (TPSA) is 58.6 Å². The Kier molecular flexibility index (Phi) is 3.57.